The molecule has 0 aliphatic carbocycles. The van der Waals surface area contributed by atoms with Crippen LogP contribution in [-0.4, -0.2) is 24.6 Å². The molecule has 0 saturated heterocycles. The highest BCUT2D eigenvalue weighted by molar-refractivity contribution is 5.57. The Hall–Kier alpha value is -1.82. The molecule has 1 atom stereocenters. The first-order chi connectivity index (χ1) is 7.54. The predicted octanol–water partition coefficient (Wildman–Crippen LogP) is 1.36. The van der Waals surface area contributed by atoms with Gasteiger partial charge in [-0.1, -0.05) is 0 Å². The third-order valence-corrected chi connectivity index (χ3v) is 2.00. The van der Waals surface area contributed by atoms with Crippen LogP contribution in [0.3, 0.4) is 0 Å². The lowest BCUT2D eigenvalue weighted by molar-refractivity contribution is -0.385. The van der Waals surface area contributed by atoms with Gasteiger partial charge < -0.3 is 15.8 Å². The van der Waals surface area contributed by atoms with E-state index in [-0.39, 0.29) is 17.5 Å². The molecule has 16 heavy (non-hydrogen) atoms. The average Bonchev–Trinajstić information content (AvgIpc) is 2.25. The van der Waals surface area contributed by atoms with Crippen molar-refractivity contribution in [1.82, 2.24) is 0 Å². The molecule has 1 aromatic rings. The maximum atomic E-state index is 10.6. The minimum absolute atomic E-state index is 0.0150. The van der Waals surface area contributed by atoms with Gasteiger partial charge in [0.25, 0.3) is 0 Å². The van der Waals surface area contributed by atoms with Crippen LogP contribution in [0.2, 0.25) is 0 Å². The Morgan fingerprint density at radius 1 is 1.62 bits per heavy atom. The number of hydrogen-bond acceptors (Lipinski definition) is 5. The van der Waals surface area contributed by atoms with E-state index in [1.54, 1.807) is 12.1 Å². The quantitative estimate of drug-likeness (QED) is 0.583. The van der Waals surface area contributed by atoms with Gasteiger partial charge in [0.1, 0.15) is 0 Å². The maximum Gasteiger partial charge on any atom is 0.311 e. The molecule has 0 aliphatic rings. The summed E-state index contributed by atoms with van der Waals surface area (Å²) in [5.41, 5.74) is 6.29. The second kappa shape index (κ2) is 5.32. The molecular weight excluding hydrogens is 210 g/mol. The van der Waals surface area contributed by atoms with E-state index in [4.69, 9.17) is 10.5 Å². The van der Waals surface area contributed by atoms with Crippen molar-refractivity contribution in [3.8, 4) is 5.75 Å². The van der Waals surface area contributed by atoms with Gasteiger partial charge in [0.05, 0.1) is 12.0 Å². The molecule has 3 N–H and O–H groups in total. The molecule has 1 unspecified atom stereocenters. The number of nitro groups is 1. The van der Waals surface area contributed by atoms with Gasteiger partial charge in [-0.25, -0.2) is 0 Å². The van der Waals surface area contributed by atoms with Gasteiger partial charge in [0.2, 0.25) is 0 Å². The Morgan fingerprint density at radius 3 is 2.81 bits per heavy atom. The first-order valence-electron chi connectivity index (χ1n) is 4.86. The minimum Gasteiger partial charge on any atom is -0.490 e. The average molecular weight is 225 g/mol. The van der Waals surface area contributed by atoms with Crippen molar-refractivity contribution in [3.63, 3.8) is 0 Å². The molecule has 0 spiro atoms. The molecule has 6 nitrogen and oxygen atoms in total. The van der Waals surface area contributed by atoms with Crippen molar-refractivity contribution < 1.29 is 9.66 Å². The van der Waals surface area contributed by atoms with Crippen LogP contribution >= 0.6 is 0 Å². The Kier molecular flexibility index (Phi) is 4.07. The third kappa shape index (κ3) is 3.09. The molecule has 0 fully saturated rings. The van der Waals surface area contributed by atoms with Gasteiger partial charge >= 0.3 is 5.69 Å². The highest BCUT2D eigenvalue weighted by Gasteiger charge is 2.14. The number of anilines is 1. The summed E-state index contributed by atoms with van der Waals surface area (Å²) in [4.78, 5) is 10.2. The van der Waals surface area contributed by atoms with E-state index >= 15 is 0 Å². The zero-order valence-corrected chi connectivity index (χ0v) is 9.27. The lowest BCUT2D eigenvalue weighted by Gasteiger charge is -2.10. The van der Waals surface area contributed by atoms with Gasteiger partial charge in [-0.15, -0.1) is 0 Å². The van der Waals surface area contributed by atoms with Crippen molar-refractivity contribution in [2.45, 2.75) is 13.0 Å². The highest BCUT2D eigenvalue weighted by Crippen LogP contribution is 2.29. The van der Waals surface area contributed by atoms with Crippen LogP contribution in [0.5, 0.6) is 5.75 Å². The first-order valence-corrected chi connectivity index (χ1v) is 4.86. The van der Waals surface area contributed by atoms with E-state index in [0.717, 1.165) is 5.69 Å². The van der Waals surface area contributed by atoms with Crippen LogP contribution in [-0.2, 0) is 0 Å². The van der Waals surface area contributed by atoms with Crippen molar-refractivity contribution >= 4 is 11.4 Å². The number of methoxy groups -OCH3 is 1. The van der Waals surface area contributed by atoms with Crippen molar-refractivity contribution in [2.24, 2.45) is 5.73 Å². The summed E-state index contributed by atoms with van der Waals surface area (Å²) in [6.45, 7) is 2.47. The molecule has 0 amide bonds. The van der Waals surface area contributed by atoms with Gasteiger partial charge in [-0.05, 0) is 13.0 Å². The molecule has 0 bridgehead atoms. The van der Waals surface area contributed by atoms with Crippen LogP contribution < -0.4 is 15.8 Å². The highest BCUT2D eigenvalue weighted by atomic mass is 16.6. The number of rotatable bonds is 5. The molecule has 6 heteroatoms. The number of ether oxygens (including phenoxy) is 1. The zero-order chi connectivity index (χ0) is 12.1. The Bertz CT molecular complexity index is 380. The lowest BCUT2D eigenvalue weighted by atomic mass is 10.2. The molecule has 1 rings (SSSR count). The van der Waals surface area contributed by atoms with Crippen LogP contribution in [0.25, 0.3) is 0 Å². The fourth-order valence-electron chi connectivity index (χ4n) is 1.22. The number of nitrogens with two attached hydrogens (primary N) is 1. The topological polar surface area (TPSA) is 90.4 Å². The second-order valence-electron chi connectivity index (χ2n) is 3.50. The van der Waals surface area contributed by atoms with Crippen LogP contribution in [0, 0.1) is 10.1 Å². The maximum absolute atomic E-state index is 10.6. The second-order valence-corrected chi connectivity index (χ2v) is 3.50. The molecule has 0 radical (unpaired) electrons. The third-order valence-electron chi connectivity index (χ3n) is 2.00. The summed E-state index contributed by atoms with van der Waals surface area (Å²) in [6, 6.07) is 4.63. The fourth-order valence-corrected chi connectivity index (χ4v) is 1.22. The Labute approximate surface area is 93.5 Å². The first kappa shape index (κ1) is 12.3. The van der Waals surface area contributed by atoms with Crippen molar-refractivity contribution in [3.05, 3.63) is 28.3 Å². The van der Waals surface area contributed by atoms with E-state index in [2.05, 4.69) is 5.32 Å². The predicted molar refractivity (Wildman–Crippen MR) is 61.8 cm³/mol. The molecule has 0 aliphatic heterocycles. The molecule has 88 valence electrons. The van der Waals surface area contributed by atoms with Crippen LogP contribution in [0.4, 0.5) is 11.4 Å². The number of hydrogen-bond donors (Lipinski definition) is 2. The van der Waals surface area contributed by atoms with E-state index in [1.165, 1.54) is 13.2 Å². The van der Waals surface area contributed by atoms with Gasteiger partial charge in [0, 0.05) is 30.4 Å². The van der Waals surface area contributed by atoms with E-state index in [0.29, 0.717) is 6.54 Å². The Balaban J connectivity index is 2.86. The summed E-state index contributed by atoms with van der Waals surface area (Å²) >= 11 is 0. The van der Waals surface area contributed by atoms with Crippen molar-refractivity contribution in [1.29, 1.82) is 0 Å². The van der Waals surface area contributed by atoms with Gasteiger partial charge in [-0.2, -0.15) is 0 Å². The summed E-state index contributed by atoms with van der Waals surface area (Å²) in [6.07, 6.45) is 0. The summed E-state index contributed by atoms with van der Waals surface area (Å²) in [5, 5.41) is 13.7. The largest absolute Gasteiger partial charge is 0.490 e. The summed E-state index contributed by atoms with van der Waals surface area (Å²) in [5.74, 6) is 0.236. The lowest BCUT2D eigenvalue weighted by Crippen LogP contribution is -2.25. The smallest absolute Gasteiger partial charge is 0.311 e. The number of benzene rings is 1. The normalized spacial score (nSPS) is 11.9. The van der Waals surface area contributed by atoms with E-state index in [9.17, 15) is 10.1 Å². The molecule has 0 saturated carbocycles. The number of nitrogens with one attached hydrogen (secondary N) is 1. The van der Waals surface area contributed by atoms with E-state index < -0.39 is 4.92 Å². The van der Waals surface area contributed by atoms with Gasteiger partial charge in [-0.3, -0.25) is 10.1 Å². The standard InChI is InChI=1S/C10H15N3O3/c1-7(11)6-12-8-3-4-9(13(14)15)10(5-8)16-2/h3-5,7,12H,6,11H2,1-2H3. The molecule has 0 heterocycles. The van der Waals surface area contributed by atoms with Gasteiger partial charge in [0.15, 0.2) is 5.75 Å². The minimum atomic E-state index is -0.478. The molecule has 0 aromatic heterocycles. The zero-order valence-electron chi connectivity index (χ0n) is 9.27. The Morgan fingerprint density at radius 2 is 2.31 bits per heavy atom. The van der Waals surface area contributed by atoms with Crippen LogP contribution in [0.15, 0.2) is 18.2 Å². The monoisotopic (exact) mass is 225 g/mol. The molecular formula is C10H15N3O3. The van der Waals surface area contributed by atoms with Crippen LogP contribution in [0.1, 0.15) is 6.92 Å². The van der Waals surface area contributed by atoms with E-state index in [1.807, 2.05) is 6.92 Å². The summed E-state index contributed by atoms with van der Waals surface area (Å²) in [7, 11) is 1.40. The molecule has 1 aromatic carbocycles. The SMILES string of the molecule is COc1cc(NCC(C)N)ccc1[N+](=O)[O-]. The number of nitro benzene ring substituents is 1. The number of nitrogens with zero attached hydrogens (tertiary/aromatic N) is 1. The summed E-state index contributed by atoms with van der Waals surface area (Å²) < 4.78 is 4.94. The van der Waals surface area contributed by atoms with Crippen molar-refractivity contribution in [2.75, 3.05) is 19.0 Å². The fraction of sp³-hybridized carbons (Fsp3) is 0.400.